The predicted octanol–water partition coefficient (Wildman–Crippen LogP) is 3.35. The Balaban J connectivity index is 1.98. The van der Waals surface area contributed by atoms with E-state index in [1.807, 2.05) is 13.8 Å². The van der Waals surface area contributed by atoms with Gasteiger partial charge in [-0.1, -0.05) is 31.8 Å². The molecule has 17 heavy (non-hydrogen) atoms. The average Bonchev–Trinajstić information content (AvgIpc) is 2.57. The smallest absolute Gasteiger partial charge is 0.138 e. The molecule has 1 N–H and O–H groups in total. The lowest BCUT2D eigenvalue weighted by Gasteiger charge is -2.39. The first-order valence-electron chi connectivity index (χ1n) is 6.66. The fourth-order valence-electron chi connectivity index (χ4n) is 2.85. The monoisotopic (exact) mass is 236 g/mol. The number of aromatic nitrogens is 1. The van der Waals surface area contributed by atoms with Crippen LogP contribution in [0.5, 0.6) is 0 Å². The lowest BCUT2D eigenvalue weighted by atomic mass is 9.73. The van der Waals surface area contributed by atoms with E-state index in [4.69, 9.17) is 4.52 Å². The highest BCUT2D eigenvalue weighted by molar-refractivity contribution is 5.20. The number of aryl methyl sites for hydroxylation is 2. The summed E-state index contributed by atoms with van der Waals surface area (Å²) < 4.78 is 5.20. The standard InChI is InChI=1S/C14H24N2O/c1-10-12(11(2)17-16-10)9-15-13-7-5-6-8-14(13,3)4/h13,15H,5-9H2,1-4H3. The maximum absolute atomic E-state index is 5.20. The molecular formula is C14H24N2O. The molecule has 0 amide bonds. The van der Waals surface area contributed by atoms with Crippen LogP contribution in [0.4, 0.5) is 0 Å². The first-order chi connectivity index (χ1) is 8.00. The molecule has 1 aromatic rings. The molecule has 0 aromatic carbocycles. The minimum Gasteiger partial charge on any atom is -0.361 e. The number of hydrogen-bond donors (Lipinski definition) is 1. The molecule has 96 valence electrons. The Morgan fingerprint density at radius 1 is 1.35 bits per heavy atom. The molecular weight excluding hydrogens is 212 g/mol. The minimum absolute atomic E-state index is 0.414. The third-order valence-electron chi connectivity index (χ3n) is 4.21. The van der Waals surface area contributed by atoms with Crippen LogP contribution in [0.15, 0.2) is 4.52 Å². The van der Waals surface area contributed by atoms with Crippen molar-refractivity contribution in [1.82, 2.24) is 10.5 Å². The second-order valence-electron chi connectivity index (χ2n) is 5.97. The van der Waals surface area contributed by atoms with Gasteiger partial charge in [-0.3, -0.25) is 0 Å². The van der Waals surface area contributed by atoms with E-state index in [2.05, 4.69) is 24.3 Å². The van der Waals surface area contributed by atoms with Gasteiger partial charge in [0.15, 0.2) is 0 Å². The molecule has 0 aliphatic heterocycles. The van der Waals surface area contributed by atoms with Crippen molar-refractivity contribution in [3.63, 3.8) is 0 Å². The van der Waals surface area contributed by atoms with Crippen LogP contribution in [0, 0.1) is 19.3 Å². The Morgan fingerprint density at radius 3 is 2.71 bits per heavy atom. The van der Waals surface area contributed by atoms with Gasteiger partial charge in [0, 0.05) is 18.2 Å². The minimum atomic E-state index is 0.414. The molecule has 3 heteroatoms. The van der Waals surface area contributed by atoms with Crippen molar-refractivity contribution in [1.29, 1.82) is 0 Å². The molecule has 1 heterocycles. The fraction of sp³-hybridized carbons (Fsp3) is 0.786. The van der Waals surface area contributed by atoms with Crippen LogP contribution in [0.3, 0.4) is 0 Å². The van der Waals surface area contributed by atoms with Crippen LogP contribution in [-0.2, 0) is 6.54 Å². The highest BCUT2D eigenvalue weighted by Crippen LogP contribution is 2.35. The maximum atomic E-state index is 5.20. The molecule has 1 aliphatic rings. The van der Waals surface area contributed by atoms with Gasteiger partial charge in [-0.05, 0) is 32.1 Å². The first-order valence-corrected chi connectivity index (χ1v) is 6.66. The predicted molar refractivity (Wildman–Crippen MR) is 68.9 cm³/mol. The van der Waals surface area contributed by atoms with Crippen molar-refractivity contribution in [2.24, 2.45) is 5.41 Å². The molecule has 1 atom stereocenters. The van der Waals surface area contributed by atoms with Gasteiger partial charge in [-0.2, -0.15) is 0 Å². The van der Waals surface area contributed by atoms with E-state index < -0.39 is 0 Å². The van der Waals surface area contributed by atoms with E-state index >= 15 is 0 Å². The summed E-state index contributed by atoms with van der Waals surface area (Å²) in [7, 11) is 0. The Bertz CT molecular complexity index is 362. The highest BCUT2D eigenvalue weighted by Gasteiger charge is 2.31. The molecule has 3 nitrogen and oxygen atoms in total. The highest BCUT2D eigenvalue weighted by atomic mass is 16.5. The normalized spacial score (nSPS) is 23.9. The number of nitrogens with zero attached hydrogens (tertiary/aromatic N) is 1. The summed E-state index contributed by atoms with van der Waals surface area (Å²) in [5.41, 5.74) is 2.66. The van der Waals surface area contributed by atoms with Gasteiger partial charge in [0.1, 0.15) is 5.76 Å². The Hall–Kier alpha value is -0.830. The summed E-state index contributed by atoms with van der Waals surface area (Å²) in [6, 6.07) is 0.616. The van der Waals surface area contributed by atoms with E-state index in [9.17, 15) is 0 Å². The summed E-state index contributed by atoms with van der Waals surface area (Å²) in [4.78, 5) is 0. The zero-order chi connectivity index (χ0) is 12.5. The Labute approximate surface area is 104 Å². The van der Waals surface area contributed by atoms with Crippen molar-refractivity contribution in [3.05, 3.63) is 17.0 Å². The van der Waals surface area contributed by atoms with Crippen LogP contribution >= 0.6 is 0 Å². The summed E-state index contributed by atoms with van der Waals surface area (Å²) in [5, 5.41) is 7.70. The Morgan fingerprint density at radius 2 is 2.12 bits per heavy atom. The lowest BCUT2D eigenvalue weighted by molar-refractivity contribution is 0.166. The fourth-order valence-corrected chi connectivity index (χ4v) is 2.85. The molecule has 1 saturated carbocycles. The van der Waals surface area contributed by atoms with Gasteiger partial charge in [-0.25, -0.2) is 0 Å². The van der Waals surface area contributed by atoms with Crippen LogP contribution < -0.4 is 5.32 Å². The zero-order valence-electron chi connectivity index (χ0n) is 11.5. The molecule has 0 bridgehead atoms. The van der Waals surface area contributed by atoms with Gasteiger partial charge in [0.25, 0.3) is 0 Å². The number of rotatable bonds is 3. The number of hydrogen-bond acceptors (Lipinski definition) is 3. The molecule has 0 spiro atoms. The van der Waals surface area contributed by atoms with Crippen molar-refractivity contribution in [2.45, 2.75) is 66.0 Å². The van der Waals surface area contributed by atoms with Crippen molar-refractivity contribution < 1.29 is 4.52 Å². The quantitative estimate of drug-likeness (QED) is 0.874. The maximum Gasteiger partial charge on any atom is 0.138 e. The SMILES string of the molecule is Cc1noc(C)c1CNC1CCCCC1(C)C. The van der Waals surface area contributed by atoms with Crippen molar-refractivity contribution in [2.75, 3.05) is 0 Å². The van der Waals surface area contributed by atoms with E-state index in [0.29, 0.717) is 11.5 Å². The molecule has 2 rings (SSSR count). The summed E-state index contributed by atoms with van der Waals surface area (Å²) in [6.07, 6.45) is 5.34. The third-order valence-corrected chi connectivity index (χ3v) is 4.21. The van der Waals surface area contributed by atoms with E-state index in [1.165, 1.54) is 31.2 Å². The summed E-state index contributed by atoms with van der Waals surface area (Å²) in [5.74, 6) is 0.948. The number of nitrogens with one attached hydrogen (secondary N) is 1. The second kappa shape index (κ2) is 4.81. The van der Waals surface area contributed by atoms with Crippen LogP contribution in [-0.4, -0.2) is 11.2 Å². The van der Waals surface area contributed by atoms with E-state index in [1.54, 1.807) is 0 Å². The Kier molecular flexibility index (Phi) is 3.57. The largest absolute Gasteiger partial charge is 0.361 e. The molecule has 0 radical (unpaired) electrons. The van der Waals surface area contributed by atoms with Gasteiger partial charge in [0.05, 0.1) is 5.69 Å². The van der Waals surface area contributed by atoms with Crippen LogP contribution in [0.25, 0.3) is 0 Å². The molecule has 1 unspecified atom stereocenters. The zero-order valence-corrected chi connectivity index (χ0v) is 11.5. The van der Waals surface area contributed by atoms with E-state index in [-0.39, 0.29) is 0 Å². The van der Waals surface area contributed by atoms with Gasteiger partial charge in [0.2, 0.25) is 0 Å². The van der Waals surface area contributed by atoms with Gasteiger partial charge < -0.3 is 9.84 Å². The molecule has 1 aliphatic carbocycles. The van der Waals surface area contributed by atoms with E-state index in [0.717, 1.165) is 18.0 Å². The van der Waals surface area contributed by atoms with Gasteiger partial charge >= 0.3 is 0 Å². The molecule has 1 aromatic heterocycles. The van der Waals surface area contributed by atoms with Gasteiger partial charge in [-0.15, -0.1) is 0 Å². The average molecular weight is 236 g/mol. The summed E-state index contributed by atoms with van der Waals surface area (Å²) >= 11 is 0. The van der Waals surface area contributed by atoms with Crippen LogP contribution in [0.1, 0.15) is 56.5 Å². The topological polar surface area (TPSA) is 38.1 Å². The third kappa shape index (κ3) is 2.71. The van der Waals surface area contributed by atoms with Crippen LogP contribution in [0.2, 0.25) is 0 Å². The van der Waals surface area contributed by atoms with Crippen molar-refractivity contribution >= 4 is 0 Å². The first kappa shape index (κ1) is 12.6. The second-order valence-corrected chi connectivity index (χ2v) is 5.97. The van der Waals surface area contributed by atoms with Crippen molar-refractivity contribution in [3.8, 4) is 0 Å². The lowest BCUT2D eigenvalue weighted by Crippen LogP contribution is -2.43. The molecule has 1 fully saturated rings. The summed E-state index contributed by atoms with van der Waals surface area (Å²) in [6.45, 7) is 9.63. The molecule has 0 saturated heterocycles.